The van der Waals surface area contributed by atoms with E-state index in [1.165, 1.54) is 5.56 Å². The van der Waals surface area contributed by atoms with Gasteiger partial charge >= 0.3 is 0 Å². The first-order valence-corrected chi connectivity index (χ1v) is 8.84. The predicted molar refractivity (Wildman–Crippen MR) is 81.1 cm³/mol. The first-order chi connectivity index (χ1) is 9.41. The summed E-state index contributed by atoms with van der Waals surface area (Å²) in [7, 11) is -3.12. The van der Waals surface area contributed by atoms with Gasteiger partial charge in [0.15, 0.2) is 0 Å². The Bertz CT molecular complexity index is 555. The van der Waals surface area contributed by atoms with Crippen LogP contribution in [0.25, 0.3) is 0 Å². The van der Waals surface area contributed by atoms with Gasteiger partial charge in [0.05, 0.1) is 5.25 Å². The average Bonchev–Trinajstić information content (AvgIpc) is 2.85. The van der Waals surface area contributed by atoms with E-state index in [1.807, 2.05) is 19.2 Å². The van der Waals surface area contributed by atoms with Crippen molar-refractivity contribution in [3.8, 4) is 0 Å². The van der Waals surface area contributed by atoms with E-state index < -0.39 is 10.0 Å². The van der Waals surface area contributed by atoms with Gasteiger partial charge in [-0.15, -0.1) is 0 Å². The van der Waals surface area contributed by atoms with Gasteiger partial charge in [-0.05, 0) is 64.2 Å². The molecule has 0 aliphatic carbocycles. The molecule has 1 fully saturated rings. The van der Waals surface area contributed by atoms with Gasteiger partial charge in [-0.1, -0.05) is 0 Å². The Morgan fingerprint density at radius 3 is 2.85 bits per heavy atom. The lowest BCUT2D eigenvalue weighted by atomic mass is 10.0. The minimum absolute atomic E-state index is 0.163. The fraction of sp³-hybridized carbons (Fsp3) is 0.667. The van der Waals surface area contributed by atoms with Crippen LogP contribution in [0.2, 0.25) is 0 Å². The maximum atomic E-state index is 12.3. The molecule has 1 saturated heterocycles. The van der Waals surface area contributed by atoms with E-state index in [4.69, 9.17) is 0 Å². The zero-order chi connectivity index (χ0) is 14.8. The lowest BCUT2D eigenvalue weighted by Crippen LogP contribution is -2.40. The minimum atomic E-state index is -3.12. The smallest absolute Gasteiger partial charge is 0.216 e. The van der Waals surface area contributed by atoms with E-state index in [0.29, 0.717) is 6.54 Å². The molecule has 1 aliphatic rings. The van der Waals surface area contributed by atoms with E-state index in [1.54, 1.807) is 18.2 Å². The maximum Gasteiger partial charge on any atom is 0.216 e. The minimum Gasteiger partial charge on any atom is -0.262 e. The molecule has 112 valence electrons. The molecule has 4 nitrogen and oxygen atoms in total. The molecule has 5 heteroatoms. The third kappa shape index (κ3) is 3.38. The van der Waals surface area contributed by atoms with Crippen LogP contribution in [0.3, 0.4) is 0 Å². The second-order valence-electron chi connectivity index (χ2n) is 5.84. The standard InChI is InChI=1S/C15H24N2O2S/c1-12(2)20(18,19)17-10-4-5-15(17)7-6-14-8-9-16-13(3)11-14/h8-9,11-12,15H,4-7,10H2,1-3H3/t15-/m1/s1. The fourth-order valence-corrected chi connectivity index (χ4v) is 4.35. The first kappa shape index (κ1) is 15.4. The van der Waals surface area contributed by atoms with Crippen LogP contribution in [-0.4, -0.2) is 35.5 Å². The van der Waals surface area contributed by atoms with Crippen molar-refractivity contribution < 1.29 is 8.42 Å². The molecule has 1 aromatic heterocycles. The Kier molecular flexibility index (Phi) is 4.81. The highest BCUT2D eigenvalue weighted by Gasteiger charge is 2.35. The maximum absolute atomic E-state index is 12.3. The fourth-order valence-electron chi connectivity index (χ4n) is 2.80. The highest BCUT2D eigenvalue weighted by Crippen LogP contribution is 2.26. The van der Waals surface area contributed by atoms with Crippen molar-refractivity contribution >= 4 is 10.0 Å². The highest BCUT2D eigenvalue weighted by atomic mass is 32.2. The average molecular weight is 296 g/mol. The third-order valence-electron chi connectivity index (χ3n) is 3.97. The summed E-state index contributed by atoms with van der Waals surface area (Å²) in [5, 5.41) is -0.328. The van der Waals surface area contributed by atoms with Gasteiger partial charge in [0, 0.05) is 24.5 Å². The van der Waals surface area contributed by atoms with Crippen molar-refractivity contribution in [2.24, 2.45) is 0 Å². The van der Waals surface area contributed by atoms with Crippen LogP contribution < -0.4 is 0 Å². The molecule has 0 N–H and O–H groups in total. The van der Waals surface area contributed by atoms with Gasteiger partial charge in [-0.25, -0.2) is 8.42 Å². The SMILES string of the molecule is Cc1cc(CC[C@H]2CCCN2S(=O)(=O)C(C)C)ccn1. The van der Waals surface area contributed by atoms with Gasteiger partial charge < -0.3 is 0 Å². The van der Waals surface area contributed by atoms with Crippen molar-refractivity contribution in [2.45, 2.75) is 57.7 Å². The molecular formula is C15H24N2O2S. The summed E-state index contributed by atoms with van der Waals surface area (Å²) in [6.07, 6.45) is 5.59. The van der Waals surface area contributed by atoms with E-state index >= 15 is 0 Å². The molecular weight excluding hydrogens is 272 g/mol. The Morgan fingerprint density at radius 1 is 1.45 bits per heavy atom. The van der Waals surface area contributed by atoms with Gasteiger partial charge in [0.25, 0.3) is 0 Å². The molecule has 2 heterocycles. The molecule has 0 radical (unpaired) electrons. The largest absolute Gasteiger partial charge is 0.262 e. The topological polar surface area (TPSA) is 50.3 Å². The number of aryl methyl sites for hydroxylation is 2. The van der Waals surface area contributed by atoms with E-state index in [2.05, 4.69) is 11.1 Å². The Labute approximate surface area is 122 Å². The number of hydrogen-bond acceptors (Lipinski definition) is 3. The van der Waals surface area contributed by atoms with Gasteiger partial charge in [-0.3, -0.25) is 4.98 Å². The summed E-state index contributed by atoms with van der Waals surface area (Å²) in [4.78, 5) is 4.19. The van der Waals surface area contributed by atoms with Crippen molar-refractivity contribution in [1.29, 1.82) is 0 Å². The van der Waals surface area contributed by atoms with Gasteiger partial charge in [-0.2, -0.15) is 4.31 Å². The molecule has 0 bridgehead atoms. The van der Waals surface area contributed by atoms with Crippen molar-refractivity contribution in [3.63, 3.8) is 0 Å². The molecule has 0 amide bonds. The van der Waals surface area contributed by atoms with Crippen LogP contribution in [0.1, 0.15) is 44.4 Å². The second kappa shape index (κ2) is 6.22. The van der Waals surface area contributed by atoms with Crippen molar-refractivity contribution in [3.05, 3.63) is 29.6 Å². The Morgan fingerprint density at radius 2 is 2.20 bits per heavy atom. The summed E-state index contributed by atoms with van der Waals surface area (Å²) in [6, 6.07) is 4.26. The zero-order valence-corrected chi connectivity index (χ0v) is 13.4. The van der Waals surface area contributed by atoms with E-state index in [0.717, 1.165) is 31.4 Å². The lowest BCUT2D eigenvalue weighted by molar-refractivity contribution is 0.367. The number of nitrogens with zero attached hydrogens (tertiary/aromatic N) is 2. The normalized spacial score (nSPS) is 20.7. The summed E-state index contributed by atoms with van der Waals surface area (Å²) in [5.41, 5.74) is 2.26. The third-order valence-corrected chi connectivity index (χ3v) is 6.30. The molecule has 0 saturated carbocycles. The number of rotatable bonds is 5. The molecule has 0 spiro atoms. The number of aromatic nitrogens is 1. The second-order valence-corrected chi connectivity index (χ2v) is 8.29. The first-order valence-electron chi connectivity index (χ1n) is 7.33. The number of pyridine rings is 1. The summed E-state index contributed by atoms with van der Waals surface area (Å²) in [6.45, 7) is 6.18. The highest BCUT2D eigenvalue weighted by molar-refractivity contribution is 7.89. The monoisotopic (exact) mass is 296 g/mol. The molecule has 0 unspecified atom stereocenters. The number of hydrogen-bond donors (Lipinski definition) is 0. The van der Waals surface area contributed by atoms with Crippen LogP contribution in [0.15, 0.2) is 18.3 Å². The van der Waals surface area contributed by atoms with Crippen molar-refractivity contribution in [1.82, 2.24) is 9.29 Å². The van der Waals surface area contributed by atoms with Gasteiger partial charge in [0.2, 0.25) is 10.0 Å². The quantitative estimate of drug-likeness (QED) is 0.839. The predicted octanol–water partition coefficient (Wildman–Crippen LogP) is 2.53. The van der Waals surface area contributed by atoms with E-state index in [-0.39, 0.29) is 11.3 Å². The van der Waals surface area contributed by atoms with Crippen LogP contribution in [0.5, 0.6) is 0 Å². The van der Waals surface area contributed by atoms with Crippen molar-refractivity contribution in [2.75, 3.05) is 6.54 Å². The summed E-state index contributed by atoms with van der Waals surface area (Å²) < 4.78 is 26.4. The van der Waals surface area contributed by atoms with Crippen LogP contribution in [-0.2, 0) is 16.4 Å². The molecule has 1 atom stereocenters. The lowest BCUT2D eigenvalue weighted by Gasteiger charge is -2.26. The molecule has 1 aliphatic heterocycles. The van der Waals surface area contributed by atoms with Crippen LogP contribution in [0.4, 0.5) is 0 Å². The molecule has 0 aromatic carbocycles. The molecule has 2 rings (SSSR count). The summed E-state index contributed by atoms with van der Waals surface area (Å²) in [5.74, 6) is 0. The molecule has 20 heavy (non-hydrogen) atoms. The zero-order valence-electron chi connectivity index (χ0n) is 12.5. The van der Waals surface area contributed by atoms with Gasteiger partial charge in [0.1, 0.15) is 0 Å². The van der Waals surface area contributed by atoms with E-state index in [9.17, 15) is 8.42 Å². The van der Waals surface area contributed by atoms with Crippen LogP contribution in [0, 0.1) is 6.92 Å². The Balaban J connectivity index is 2.02. The Hall–Kier alpha value is -0.940. The summed E-state index contributed by atoms with van der Waals surface area (Å²) >= 11 is 0. The molecule has 1 aromatic rings. The number of sulfonamides is 1. The van der Waals surface area contributed by atoms with Crippen LogP contribution >= 0.6 is 0 Å².